The molecule has 0 radical (unpaired) electrons. The first-order chi connectivity index (χ1) is 7.95. The van der Waals surface area contributed by atoms with Gasteiger partial charge in [-0.05, 0) is 39.2 Å². The summed E-state index contributed by atoms with van der Waals surface area (Å²) in [6.45, 7) is 4.50. The smallest absolute Gasteiger partial charge is 0.215 e. The Labute approximate surface area is 106 Å². The molecule has 3 unspecified atom stereocenters. The summed E-state index contributed by atoms with van der Waals surface area (Å²) in [6.07, 6.45) is 5.45. The topological polar surface area (TPSA) is 58.2 Å². The summed E-state index contributed by atoms with van der Waals surface area (Å²) in [5.41, 5.74) is 0. The fourth-order valence-electron chi connectivity index (χ4n) is 2.35. The van der Waals surface area contributed by atoms with Crippen molar-refractivity contribution in [2.24, 2.45) is 5.92 Å². The van der Waals surface area contributed by atoms with Crippen molar-refractivity contribution < 1.29 is 8.42 Å². The highest BCUT2D eigenvalue weighted by molar-refractivity contribution is 7.90. The van der Waals surface area contributed by atoms with E-state index in [-0.39, 0.29) is 11.3 Å². The van der Waals surface area contributed by atoms with Crippen LogP contribution < -0.4 is 10.0 Å². The average molecular weight is 262 g/mol. The van der Waals surface area contributed by atoms with Gasteiger partial charge in [-0.25, -0.2) is 13.1 Å². The fraction of sp³-hybridized carbons (Fsp3) is 1.00. The molecular weight excluding hydrogens is 236 g/mol. The van der Waals surface area contributed by atoms with Crippen LogP contribution >= 0.6 is 0 Å². The molecule has 4 nitrogen and oxygen atoms in total. The lowest BCUT2D eigenvalue weighted by Gasteiger charge is -2.20. The molecule has 1 rings (SSSR count). The third-order valence-electron chi connectivity index (χ3n) is 3.61. The number of hydrogen-bond acceptors (Lipinski definition) is 3. The number of rotatable bonds is 5. The standard InChI is InChI=1S/C12H26N2O2S/c1-10-5-4-6-12(8-7-10)14-17(15,16)11(2)9-13-3/h10-14H,4-9H2,1-3H3. The van der Waals surface area contributed by atoms with Gasteiger partial charge in [0.05, 0.1) is 5.25 Å². The average Bonchev–Trinajstić information content (AvgIpc) is 2.44. The molecule has 0 aromatic rings. The highest BCUT2D eigenvalue weighted by Gasteiger charge is 2.25. The monoisotopic (exact) mass is 262 g/mol. The number of nitrogens with one attached hydrogen (secondary N) is 2. The van der Waals surface area contributed by atoms with Gasteiger partial charge in [0, 0.05) is 12.6 Å². The molecule has 0 aromatic heterocycles. The van der Waals surface area contributed by atoms with E-state index in [1.165, 1.54) is 6.42 Å². The van der Waals surface area contributed by atoms with E-state index in [9.17, 15) is 8.42 Å². The van der Waals surface area contributed by atoms with E-state index in [2.05, 4.69) is 17.0 Å². The molecule has 2 N–H and O–H groups in total. The summed E-state index contributed by atoms with van der Waals surface area (Å²) in [4.78, 5) is 0. The van der Waals surface area contributed by atoms with Crippen LogP contribution in [0.15, 0.2) is 0 Å². The summed E-state index contributed by atoms with van der Waals surface area (Å²) in [6, 6.07) is 0.143. The van der Waals surface area contributed by atoms with Crippen molar-refractivity contribution in [1.82, 2.24) is 10.0 Å². The van der Waals surface area contributed by atoms with Gasteiger partial charge in [0.2, 0.25) is 10.0 Å². The van der Waals surface area contributed by atoms with Crippen molar-refractivity contribution in [2.45, 2.75) is 57.2 Å². The second-order valence-corrected chi connectivity index (χ2v) is 7.47. The molecular formula is C12H26N2O2S. The van der Waals surface area contributed by atoms with Crippen molar-refractivity contribution in [3.8, 4) is 0 Å². The third kappa shape index (κ3) is 4.94. The second kappa shape index (κ2) is 6.71. The van der Waals surface area contributed by atoms with Gasteiger partial charge < -0.3 is 5.32 Å². The molecule has 0 amide bonds. The van der Waals surface area contributed by atoms with Gasteiger partial charge in [-0.1, -0.05) is 19.8 Å². The van der Waals surface area contributed by atoms with Crippen LogP contribution in [0.1, 0.15) is 46.0 Å². The van der Waals surface area contributed by atoms with E-state index in [0.717, 1.165) is 31.6 Å². The maximum absolute atomic E-state index is 12.0. The third-order valence-corrected chi connectivity index (χ3v) is 5.50. The van der Waals surface area contributed by atoms with Crippen LogP contribution in [-0.2, 0) is 10.0 Å². The fourth-order valence-corrected chi connectivity index (χ4v) is 3.67. The second-order valence-electron chi connectivity index (χ2n) is 5.34. The molecule has 0 saturated heterocycles. The molecule has 0 aliphatic heterocycles. The van der Waals surface area contributed by atoms with Crippen LogP contribution in [0, 0.1) is 5.92 Å². The Bertz CT molecular complexity index is 316. The Kier molecular flexibility index (Phi) is 5.89. The lowest BCUT2D eigenvalue weighted by atomic mass is 10.0. The Balaban J connectivity index is 2.52. The molecule has 1 aliphatic rings. The van der Waals surface area contributed by atoms with E-state index in [1.54, 1.807) is 14.0 Å². The van der Waals surface area contributed by atoms with Crippen molar-refractivity contribution in [2.75, 3.05) is 13.6 Å². The van der Waals surface area contributed by atoms with Crippen molar-refractivity contribution in [3.05, 3.63) is 0 Å². The lowest BCUT2D eigenvalue weighted by Crippen LogP contribution is -2.43. The summed E-state index contributed by atoms with van der Waals surface area (Å²) < 4.78 is 26.9. The van der Waals surface area contributed by atoms with Gasteiger partial charge in [0.15, 0.2) is 0 Å². The van der Waals surface area contributed by atoms with Gasteiger partial charge in [-0.2, -0.15) is 0 Å². The highest BCUT2D eigenvalue weighted by atomic mass is 32.2. The minimum Gasteiger partial charge on any atom is -0.318 e. The largest absolute Gasteiger partial charge is 0.318 e. The molecule has 0 aromatic carbocycles. The maximum Gasteiger partial charge on any atom is 0.215 e. The molecule has 5 heteroatoms. The number of hydrogen-bond donors (Lipinski definition) is 2. The molecule has 102 valence electrons. The zero-order valence-electron chi connectivity index (χ0n) is 11.2. The van der Waals surface area contributed by atoms with Crippen molar-refractivity contribution >= 4 is 10.0 Å². The molecule has 1 saturated carbocycles. The minimum atomic E-state index is -3.17. The normalized spacial score (nSPS) is 28.6. The first-order valence-electron chi connectivity index (χ1n) is 6.61. The zero-order chi connectivity index (χ0) is 12.9. The van der Waals surface area contributed by atoms with Gasteiger partial charge in [0.25, 0.3) is 0 Å². The summed E-state index contributed by atoms with van der Waals surface area (Å²) >= 11 is 0. The lowest BCUT2D eigenvalue weighted by molar-refractivity contribution is 0.481. The van der Waals surface area contributed by atoms with E-state index in [4.69, 9.17) is 0 Å². The van der Waals surface area contributed by atoms with Gasteiger partial charge in [-0.3, -0.25) is 0 Å². The summed E-state index contributed by atoms with van der Waals surface area (Å²) in [7, 11) is -1.39. The van der Waals surface area contributed by atoms with E-state index in [0.29, 0.717) is 6.54 Å². The van der Waals surface area contributed by atoms with Gasteiger partial charge in [0.1, 0.15) is 0 Å². The summed E-state index contributed by atoms with van der Waals surface area (Å²) in [5, 5.41) is 2.54. The predicted octanol–water partition coefficient (Wildman–Crippen LogP) is 1.48. The Morgan fingerprint density at radius 1 is 1.24 bits per heavy atom. The van der Waals surface area contributed by atoms with Crippen LogP contribution in [0.4, 0.5) is 0 Å². The van der Waals surface area contributed by atoms with Gasteiger partial charge >= 0.3 is 0 Å². The van der Waals surface area contributed by atoms with E-state index >= 15 is 0 Å². The zero-order valence-corrected chi connectivity index (χ0v) is 12.0. The van der Waals surface area contributed by atoms with Gasteiger partial charge in [-0.15, -0.1) is 0 Å². The van der Waals surface area contributed by atoms with Crippen LogP contribution in [0.3, 0.4) is 0 Å². The molecule has 0 spiro atoms. The maximum atomic E-state index is 12.0. The quantitative estimate of drug-likeness (QED) is 0.738. The van der Waals surface area contributed by atoms with E-state index < -0.39 is 10.0 Å². The van der Waals surface area contributed by atoms with E-state index in [1.807, 2.05) is 0 Å². The highest BCUT2D eigenvalue weighted by Crippen LogP contribution is 2.23. The molecule has 17 heavy (non-hydrogen) atoms. The molecule has 3 atom stereocenters. The van der Waals surface area contributed by atoms with Crippen LogP contribution in [0.25, 0.3) is 0 Å². The van der Waals surface area contributed by atoms with Crippen molar-refractivity contribution in [3.63, 3.8) is 0 Å². The molecule has 0 bridgehead atoms. The molecule has 0 heterocycles. The summed E-state index contributed by atoms with van der Waals surface area (Å²) in [5.74, 6) is 0.735. The number of sulfonamides is 1. The van der Waals surface area contributed by atoms with Crippen LogP contribution in [0.2, 0.25) is 0 Å². The Morgan fingerprint density at radius 3 is 2.59 bits per heavy atom. The molecule has 1 aliphatic carbocycles. The minimum absolute atomic E-state index is 0.143. The van der Waals surface area contributed by atoms with Crippen molar-refractivity contribution in [1.29, 1.82) is 0 Å². The SMILES string of the molecule is CNCC(C)S(=O)(=O)NC1CCCC(C)CC1. The Morgan fingerprint density at radius 2 is 1.94 bits per heavy atom. The van der Waals surface area contributed by atoms with Crippen LogP contribution in [-0.4, -0.2) is 33.3 Å². The van der Waals surface area contributed by atoms with Crippen LogP contribution in [0.5, 0.6) is 0 Å². The molecule has 1 fully saturated rings. The Hall–Kier alpha value is -0.130. The predicted molar refractivity (Wildman–Crippen MR) is 71.5 cm³/mol. The first-order valence-corrected chi connectivity index (χ1v) is 8.16. The first kappa shape index (κ1) is 14.9.